The third-order valence-corrected chi connectivity index (χ3v) is 4.02. The van der Waals surface area contributed by atoms with E-state index in [9.17, 15) is 4.79 Å². The van der Waals surface area contributed by atoms with Gasteiger partial charge in [0.1, 0.15) is 0 Å². The van der Waals surface area contributed by atoms with Crippen molar-refractivity contribution in [2.24, 2.45) is 23.5 Å². The second kappa shape index (κ2) is 6.39. The quantitative estimate of drug-likeness (QED) is 0.792. The maximum absolute atomic E-state index is 12.0. The number of carbonyl (C=O) groups is 1. The van der Waals surface area contributed by atoms with Gasteiger partial charge in [-0.15, -0.1) is 0 Å². The van der Waals surface area contributed by atoms with Gasteiger partial charge in [0.25, 0.3) is 0 Å². The Labute approximate surface area is 106 Å². The number of hydrogen-bond acceptors (Lipinski definition) is 2. The smallest absolute Gasteiger partial charge is 0.237 e. The minimum absolute atomic E-state index is 0.0255. The number of amides is 1. The highest BCUT2D eigenvalue weighted by Gasteiger charge is 2.30. The zero-order chi connectivity index (χ0) is 13.0. The lowest BCUT2D eigenvalue weighted by Crippen LogP contribution is -2.51. The van der Waals surface area contributed by atoms with Crippen LogP contribution < -0.4 is 11.1 Å². The SMILES string of the molecule is CC(C)C1CCCCC1NC(=O)[C@H](N)C(C)C. The monoisotopic (exact) mass is 240 g/mol. The summed E-state index contributed by atoms with van der Waals surface area (Å²) in [4.78, 5) is 12.0. The maximum atomic E-state index is 12.0. The molecule has 1 amide bonds. The normalized spacial score (nSPS) is 27.2. The van der Waals surface area contributed by atoms with Crippen molar-refractivity contribution in [1.29, 1.82) is 0 Å². The fraction of sp³-hybridized carbons (Fsp3) is 0.929. The van der Waals surface area contributed by atoms with E-state index in [1.54, 1.807) is 0 Å². The molecule has 0 saturated heterocycles. The fourth-order valence-electron chi connectivity index (χ4n) is 2.72. The van der Waals surface area contributed by atoms with E-state index in [2.05, 4.69) is 19.2 Å². The summed E-state index contributed by atoms with van der Waals surface area (Å²) in [6, 6.07) is -0.0363. The van der Waals surface area contributed by atoms with Gasteiger partial charge in [-0.3, -0.25) is 4.79 Å². The van der Waals surface area contributed by atoms with Crippen molar-refractivity contribution in [1.82, 2.24) is 5.32 Å². The first-order chi connectivity index (χ1) is 7.93. The Morgan fingerprint density at radius 1 is 1.18 bits per heavy atom. The van der Waals surface area contributed by atoms with E-state index in [0.29, 0.717) is 17.9 Å². The molecular formula is C14H28N2O. The summed E-state index contributed by atoms with van der Waals surface area (Å²) in [5.41, 5.74) is 5.89. The van der Waals surface area contributed by atoms with Gasteiger partial charge in [0, 0.05) is 6.04 Å². The molecule has 0 bridgehead atoms. The largest absolute Gasteiger partial charge is 0.352 e. The lowest BCUT2D eigenvalue weighted by atomic mass is 9.77. The Balaban J connectivity index is 2.56. The van der Waals surface area contributed by atoms with Crippen molar-refractivity contribution in [2.45, 2.75) is 65.5 Å². The van der Waals surface area contributed by atoms with E-state index in [1.807, 2.05) is 13.8 Å². The fourth-order valence-corrected chi connectivity index (χ4v) is 2.72. The molecular weight excluding hydrogens is 212 g/mol. The molecule has 3 nitrogen and oxygen atoms in total. The molecule has 0 aromatic heterocycles. The van der Waals surface area contributed by atoms with E-state index in [0.717, 1.165) is 6.42 Å². The van der Waals surface area contributed by atoms with Crippen LogP contribution in [0.25, 0.3) is 0 Å². The molecule has 0 aliphatic heterocycles. The van der Waals surface area contributed by atoms with Crippen LogP contribution in [0.15, 0.2) is 0 Å². The Bertz CT molecular complexity index is 251. The molecule has 2 unspecified atom stereocenters. The van der Waals surface area contributed by atoms with Gasteiger partial charge in [-0.2, -0.15) is 0 Å². The third kappa shape index (κ3) is 3.98. The van der Waals surface area contributed by atoms with Crippen LogP contribution in [0.4, 0.5) is 0 Å². The van der Waals surface area contributed by atoms with Crippen molar-refractivity contribution in [3.05, 3.63) is 0 Å². The second-order valence-electron chi connectivity index (χ2n) is 6.08. The van der Waals surface area contributed by atoms with Crippen LogP contribution in [0, 0.1) is 17.8 Å². The first-order valence-electron chi connectivity index (χ1n) is 6.99. The third-order valence-electron chi connectivity index (χ3n) is 4.02. The maximum Gasteiger partial charge on any atom is 0.237 e. The molecule has 0 aromatic rings. The van der Waals surface area contributed by atoms with E-state index in [-0.39, 0.29) is 17.9 Å². The molecule has 100 valence electrons. The molecule has 1 fully saturated rings. The summed E-state index contributed by atoms with van der Waals surface area (Å²) < 4.78 is 0. The summed E-state index contributed by atoms with van der Waals surface area (Å²) in [6.07, 6.45) is 4.87. The van der Waals surface area contributed by atoms with Crippen LogP contribution in [0.5, 0.6) is 0 Å². The van der Waals surface area contributed by atoms with Crippen molar-refractivity contribution >= 4 is 5.91 Å². The molecule has 1 aliphatic rings. The van der Waals surface area contributed by atoms with E-state index in [4.69, 9.17) is 5.73 Å². The van der Waals surface area contributed by atoms with Crippen LogP contribution in [-0.2, 0) is 4.79 Å². The average molecular weight is 240 g/mol. The van der Waals surface area contributed by atoms with Crippen molar-refractivity contribution in [3.63, 3.8) is 0 Å². The summed E-state index contributed by atoms with van der Waals surface area (Å²) in [6.45, 7) is 8.48. The number of rotatable bonds is 4. The Hall–Kier alpha value is -0.570. The molecule has 0 radical (unpaired) electrons. The van der Waals surface area contributed by atoms with Gasteiger partial charge in [0.2, 0.25) is 5.91 Å². The van der Waals surface area contributed by atoms with Crippen LogP contribution in [-0.4, -0.2) is 18.0 Å². The molecule has 0 aromatic carbocycles. The van der Waals surface area contributed by atoms with Crippen molar-refractivity contribution in [2.75, 3.05) is 0 Å². The second-order valence-corrected chi connectivity index (χ2v) is 6.08. The lowest BCUT2D eigenvalue weighted by Gasteiger charge is -2.35. The number of nitrogens with two attached hydrogens (primary N) is 1. The topological polar surface area (TPSA) is 55.1 Å². The Morgan fingerprint density at radius 3 is 2.29 bits per heavy atom. The number of carbonyl (C=O) groups excluding carboxylic acids is 1. The highest BCUT2D eigenvalue weighted by molar-refractivity contribution is 5.82. The van der Waals surface area contributed by atoms with E-state index in [1.165, 1.54) is 19.3 Å². The van der Waals surface area contributed by atoms with Gasteiger partial charge in [-0.05, 0) is 30.6 Å². The van der Waals surface area contributed by atoms with Gasteiger partial charge in [0.05, 0.1) is 6.04 Å². The zero-order valence-electron chi connectivity index (χ0n) is 11.7. The number of hydrogen-bond donors (Lipinski definition) is 2. The minimum atomic E-state index is -0.371. The summed E-state index contributed by atoms with van der Waals surface area (Å²) in [7, 11) is 0. The molecule has 0 spiro atoms. The molecule has 3 heteroatoms. The van der Waals surface area contributed by atoms with Crippen LogP contribution in [0.1, 0.15) is 53.4 Å². The zero-order valence-corrected chi connectivity index (χ0v) is 11.7. The van der Waals surface area contributed by atoms with Gasteiger partial charge in [-0.25, -0.2) is 0 Å². The predicted molar refractivity (Wildman–Crippen MR) is 71.5 cm³/mol. The molecule has 1 rings (SSSR count). The van der Waals surface area contributed by atoms with Crippen LogP contribution >= 0.6 is 0 Å². The molecule has 3 atom stereocenters. The van der Waals surface area contributed by atoms with Gasteiger partial charge >= 0.3 is 0 Å². The molecule has 1 saturated carbocycles. The molecule has 1 aliphatic carbocycles. The van der Waals surface area contributed by atoms with Crippen LogP contribution in [0.3, 0.4) is 0 Å². The predicted octanol–water partition coefficient (Wildman–Crippen LogP) is 2.30. The van der Waals surface area contributed by atoms with Gasteiger partial charge in [-0.1, -0.05) is 40.5 Å². The summed E-state index contributed by atoms with van der Waals surface area (Å²) in [5, 5.41) is 3.17. The summed E-state index contributed by atoms with van der Waals surface area (Å²) in [5.74, 6) is 1.48. The highest BCUT2D eigenvalue weighted by Crippen LogP contribution is 2.30. The molecule has 17 heavy (non-hydrogen) atoms. The van der Waals surface area contributed by atoms with E-state index < -0.39 is 0 Å². The molecule has 3 N–H and O–H groups in total. The average Bonchev–Trinajstić information content (AvgIpc) is 2.28. The van der Waals surface area contributed by atoms with Gasteiger partial charge < -0.3 is 11.1 Å². The Morgan fingerprint density at radius 2 is 1.76 bits per heavy atom. The standard InChI is InChI=1S/C14H28N2O/c1-9(2)11-7-5-6-8-12(11)16-14(17)13(15)10(3)4/h9-13H,5-8,15H2,1-4H3,(H,16,17)/t11?,12?,13-/m1/s1. The minimum Gasteiger partial charge on any atom is -0.352 e. The number of nitrogens with one attached hydrogen (secondary N) is 1. The first kappa shape index (κ1) is 14.5. The highest BCUT2D eigenvalue weighted by atomic mass is 16.2. The summed E-state index contributed by atoms with van der Waals surface area (Å²) >= 11 is 0. The van der Waals surface area contributed by atoms with Crippen LogP contribution in [0.2, 0.25) is 0 Å². The van der Waals surface area contributed by atoms with Crippen molar-refractivity contribution in [3.8, 4) is 0 Å². The van der Waals surface area contributed by atoms with Gasteiger partial charge in [0.15, 0.2) is 0 Å². The van der Waals surface area contributed by atoms with Crippen molar-refractivity contribution < 1.29 is 4.79 Å². The Kier molecular flexibility index (Phi) is 5.44. The lowest BCUT2D eigenvalue weighted by molar-refractivity contribution is -0.124. The molecule has 0 heterocycles. The van der Waals surface area contributed by atoms with E-state index >= 15 is 0 Å². The first-order valence-corrected chi connectivity index (χ1v) is 6.99.